The minimum atomic E-state index is -4.40. The molecule has 18 heteroatoms. The van der Waals surface area contributed by atoms with Crippen LogP contribution in [-0.4, -0.2) is 71.4 Å². The zero-order chi connectivity index (χ0) is 36.4. The van der Waals surface area contributed by atoms with Gasteiger partial charge in [0, 0.05) is 23.5 Å². The van der Waals surface area contributed by atoms with E-state index in [0.717, 1.165) is 50.7 Å². The van der Waals surface area contributed by atoms with Crippen LogP contribution in [0.15, 0.2) is 46.2 Å². The van der Waals surface area contributed by atoms with Crippen LogP contribution in [0.4, 0.5) is 11.4 Å². The summed E-state index contributed by atoms with van der Waals surface area (Å²) in [5.41, 5.74) is -1.16. The molecule has 0 spiro atoms. The molecule has 0 aromatic heterocycles. The quantitative estimate of drug-likeness (QED) is 0.134. The fourth-order valence-corrected chi connectivity index (χ4v) is 8.90. The Morgan fingerprint density at radius 3 is 1.14 bits per heavy atom. The van der Waals surface area contributed by atoms with Crippen molar-refractivity contribution in [3.63, 3.8) is 0 Å². The molecular weight excluding hydrogens is 697 g/mol. The Balaban J connectivity index is 1.31. The Morgan fingerprint density at radius 1 is 0.500 bits per heavy atom. The molecule has 2 saturated carbocycles. The summed E-state index contributed by atoms with van der Waals surface area (Å²) in [6, 6.07) is 5.85. The first kappa shape index (κ1) is 36.5. The minimum absolute atomic E-state index is 0.0805. The van der Waals surface area contributed by atoms with Crippen LogP contribution in [0.2, 0.25) is 0 Å². The van der Waals surface area contributed by atoms with E-state index in [1.807, 2.05) is 0 Å². The molecule has 16 nitrogen and oxygen atoms in total. The van der Waals surface area contributed by atoms with Gasteiger partial charge in [-0.15, -0.1) is 0 Å². The summed E-state index contributed by atoms with van der Waals surface area (Å²) in [6.07, 6.45) is 7.45. The first-order valence-electron chi connectivity index (χ1n) is 15.9. The average Bonchev–Trinajstić information content (AvgIpc) is 3.07. The molecule has 270 valence electrons. The molecule has 5 rings (SSSR count). The Labute approximate surface area is 287 Å². The molecule has 2 aliphatic carbocycles. The highest BCUT2D eigenvalue weighted by atomic mass is 32.2. The number of phenolic OH excluding ortho intramolecular Hbond substituents is 6. The third-order valence-corrected chi connectivity index (χ3v) is 11.8. The fourth-order valence-electron chi connectivity index (χ4n) is 6.04. The van der Waals surface area contributed by atoms with Crippen molar-refractivity contribution in [3.8, 4) is 34.5 Å². The van der Waals surface area contributed by atoms with Crippen LogP contribution in [0.5, 0.6) is 34.5 Å². The molecule has 0 bridgehead atoms. The molecule has 2 amide bonds. The van der Waals surface area contributed by atoms with Gasteiger partial charge in [0.15, 0.2) is 23.0 Å². The van der Waals surface area contributed by atoms with E-state index in [0.29, 0.717) is 25.7 Å². The first-order chi connectivity index (χ1) is 23.6. The monoisotopic (exact) mass is 734 g/mol. The number of hydrogen-bond donors (Lipinski definition) is 10. The van der Waals surface area contributed by atoms with Gasteiger partial charge in [-0.3, -0.25) is 9.59 Å². The molecule has 2 aliphatic rings. The molecule has 0 unspecified atom stereocenters. The number of aromatic hydroxyl groups is 6. The van der Waals surface area contributed by atoms with Gasteiger partial charge in [0.05, 0.1) is 11.1 Å². The average molecular weight is 735 g/mol. The molecule has 0 aliphatic heterocycles. The largest absolute Gasteiger partial charge is 0.504 e. The van der Waals surface area contributed by atoms with E-state index in [1.54, 1.807) is 0 Å². The molecule has 50 heavy (non-hydrogen) atoms. The van der Waals surface area contributed by atoms with E-state index < -0.39 is 99.4 Å². The van der Waals surface area contributed by atoms with Crippen molar-refractivity contribution < 1.29 is 57.1 Å². The van der Waals surface area contributed by atoms with Crippen molar-refractivity contribution in [1.82, 2.24) is 9.44 Å². The molecular formula is C32H38N4O12S2. The van der Waals surface area contributed by atoms with Gasteiger partial charge in [0.2, 0.25) is 31.5 Å². The predicted octanol–water partition coefficient (Wildman–Crippen LogP) is 3.65. The Kier molecular flexibility index (Phi) is 10.7. The third kappa shape index (κ3) is 7.83. The van der Waals surface area contributed by atoms with Gasteiger partial charge in [0.1, 0.15) is 9.79 Å². The van der Waals surface area contributed by atoms with Gasteiger partial charge in [-0.1, -0.05) is 38.5 Å². The number of carbonyl (C=O) groups is 2. The summed E-state index contributed by atoms with van der Waals surface area (Å²) < 4.78 is 57.1. The van der Waals surface area contributed by atoms with Crippen molar-refractivity contribution >= 4 is 43.2 Å². The Morgan fingerprint density at radius 2 is 0.820 bits per heavy atom. The zero-order valence-corrected chi connectivity index (χ0v) is 28.3. The lowest BCUT2D eigenvalue weighted by Crippen LogP contribution is -2.36. The number of anilines is 2. The molecule has 0 heterocycles. The maximum absolute atomic E-state index is 13.1. The molecule has 10 N–H and O–H groups in total. The topological polar surface area (TPSA) is 272 Å². The van der Waals surface area contributed by atoms with E-state index in [-0.39, 0.29) is 11.4 Å². The molecule has 0 radical (unpaired) electrons. The van der Waals surface area contributed by atoms with Gasteiger partial charge >= 0.3 is 0 Å². The summed E-state index contributed by atoms with van der Waals surface area (Å²) in [6.45, 7) is 0. The molecule has 0 saturated heterocycles. The van der Waals surface area contributed by atoms with Crippen molar-refractivity contribution in [2.24, 2.45) is 0 Å². The zero-order valence-electron chi connectivity index (χ0n) is 26.6. The second-order valence-electron chi connectivity index (χ2n) is 12.3. The lowest BCUT2D eigenvalue weighted by atomic mass is 9.96. The number of nitrogens with one attached hydrogen (secondary N) is 4. The van der Waals surface area contributed by atoms with E-state index in [9.17, 15) is 57.1 Å². The highest BCUT2D eigenvalue weighted by molar-refractivity contribution is 7.90. The van der Waals surface area contributed by atoms with E-state index in [4.69, 9.17) is 0 Å². The van der Waals surface area contributed by atoms with Crippen LogP contribution in [0, 0.1) is 0 Å². The lowest BCUT2D eigenvalue weighted by molar-refractivity contribution is 0.101. The number of phenols is 6. The summed E-state index contributed by atoms with van der Waals surface area (Å²) in [5, 5.41) is 66.7. The minimum Gasteiger partial charge on any atom is -0.504 e. The SMILES string of the molecule is O=C(Nc1ccc(NC(=O)c2cc(S(=O)(=O)NC3CCCCC3)c(O)c(O)c2O)cc1)c1cc(S(=O)(=O)NC2CCCCC2)c(O)c(O)c1O. The van der Waals surface area contributed by atoms with Crippen LogP contribution in [0.1, 0.15) is 84.9 Å². The van der Waals surface area contributed by atoms with Crippen molar-refractivity contribution in [2.45, 2.75) is 86.1 Å². The standard InChI is InChI=1S/C32H38N4O12S2/c37-25-21(15-23(27(39)29(25)41)49(45,46)35-19-7-3-1-4-8-19)31(43)33-17-11-13-18(14-12-17)34-32(44)22-16-24(28(40)30(42)26(22)38)50(47,48)36-20-9-5-2-6-10-20/h11-16,19-20,35-42H,1-10H2,(H,33,43)(H,34,44). The summed E-state index contributed by atoms with van der Waals surface area (Å²) in [5.74, 6) is -8.89. The highest BCUT2D eigenvalue weighted by Crippen LogP contribution is 2.44. The van der Waals surface area contributed by atoms with E-state index in [1.165, 1.54) is 24.3 Å². The Hall–Kier alpha value is -4.78. The number of sulfonamides is 2. The van der Waals surface area contributed by atoms with Crippen LogP contribution in [0.3, 0.4) is 0 Å². The van der Waals surface area contributed by atoms with E-state index in [2.05, 4.69) is 20.1 Å². The smallest absolute Gasteiger partial charge is 0.259 e. The van der Waals surface area contributed by atoms with Crippen LogP contribution >= 0.6 is 0 Å². The van der Waals surface area contributed by atoms with Crippen molar-refractivity contribution in [3.05, 3.63) is 47.5 Å². The van der Waals surface area contributed by atoms with Crippen LogP contribution in [-0.2, 0) is 20.0 Å². The normalized spacial score (nSPS) is 16.2. The maximum atomic E-state index is 13.1. The van der Waals surface area contributed by atoms with Gasteiger partial charge in [-0.2, -0.15) is 0 Å². The number of benzene rings is 3. The predicted molar refractivity (Wildman–Crippen MR) is 180 cm³/mol. The van der Waals surface area contributed by atoms with Crippen molar-refractivity contribution in [2.75, 3.05) is 10.6 Å². The lowest BCUT2D eigenvalue weighted by Gasteiger charge is -2.23. The fraction of sp³-hybridized carbons (Fsp3) is 0.375. The molecule has 2 fully saturated rings. The number of amides is 2. The number of carbonyl (C=O) groups excluding carboxylic acids is 2. The summed E-state index contributed by atoms with van der Waals surface area (Å²) in [7, 11) is -8.80. The first-order valence-corrected chi connectivity index (χ1v) is 18.9. The maximum Gasteiger partial charge on any atom is 0.259 e. The summed E-state index contributed by atoms with van der Waals surface area (Å²) in [4.78, 5) is 24.6. The molecule has 3 aromatic rings. The number of rotatable bonds is 10. The number of hydrogen-bond acceptors (Lipinski definition) is 12. The van der Waals surface area contributed by atoms with Gasteiger partial charge < -0.3 is 41.3 Å². The highest BCUT2D eigenvalue weighted by Gasteiger charge is 2.32. The molecule has 0 atom stereocenters. The van der Waals surface area contributed by atoms with Gasteiger partial charge in [0.25, 0.3) is 11.8 Å². The van der Waals surface area contributed by atoms with Gasteiger partial charge in [-0.05, 0) is 62.1 Å². The van der Waals surface area contributed by atoms with Crippen LogP contribution in [0.25, 0.3) is 0 Å². The van der Waals surface area contributed by atoms with Crippen molar-refractivity contribution in [1.29, 1.82) is 0 Å². The Bertz CT molecular complexity index is 1860. The second-order valence-corrected chi connectivity index (χ2v) is 15.7. The van der Waals surface area contributed by atoms with E-state index >= 15 is 0 Å². The second kappa shape index (κ2) is 14.6. The summed E-state index contributed by atoms with van der Waals surface area (Å²) >= 11 is 0. The molecule has 3 aromatic carbocycles. The van der Waals surface area contributed by atoms with Gasteiger partial charge in [-0.25, -0.2) is 26.3 Å². The third-order valence-electron chi connectivity index (χ3n) is 8.75. The van der Waals surface area contributed by atoms with Crippen LogP contribution < -0.4 is 20.1 Å².